The minimum atomic E-state index is -1.16. The lowest BCUT2D eigenvalue weighted by molar-refractivity contribution is -0.133. The van der Waals surface area contributed by atoms with Crippen LogP contribution >= 0.6 is 0 Å². The van der Waals surface area contributed by atoms with Crippen molar-refractivity contribution in [2.45, 2.75) is 88.9 Å². The molecule has 0 radical (unpaired) electrons. The van der Waals surface area contributed by atoms with E-state index in [9.17, 15) is 14.0 Å². The van der Waals surface area contributed by atoms with Gasteiger partial charge in [0.15, 0.2) is 0 Å². The molecule has 0 aromatic heterocycles. The van der Waals surface area contributed by atoms with Crippen molar-refractivity contribution in [1.82, 2.24) is 21.3 Å². The number of nitrogens with zero attached hydrogens (tertiary/aromatic N) is 2. The molecule has 2 aliphatic heterocycles. The molecule has 5 rings (SSSR count). The van der Waals surface area contributed by atoms with Crippen LogP contribution in [-0.2, 0) is 9.59 Å². The molecule has 8 nitrogen and oxygen atoms in total. The first-order chi connectivity index (χ1) is 17.1. The van der Waals surface area contributed by atoms with Gasteiger partial charge in [-0.2, -0.15) is 0 Å². The zero-order valence-electron chi connectivity index (χ0n) is 20.7. The number of aliphatic imine (C=N–C) groups is 2. The van der Waals surface area contributed by atoms with Crippen LogP contribution in [0.15, 0.2) is 9.98 Å². The van der Waals surface area contributed by atoms with Crippen LogP contribution in [0.3, 0.4) is 0 Å². The highest BCUT2D eigenvalue weighted by atomic mass is 19.1. The van der Waals surface area contributed by atoms with Gasteiger partial charge in [0.05, 0.1) is 30.7 Å². The van der Waals surface area contributed by atoms with Crippen molar-refractivity contribution < 1.29 is 14.0 Å². The second kappa shape index (κ2) is 11.2. The molecule has 2 amide bonds. The lowest BCUT2D eigenvalue weighted by Crippen LogP contribution is -2.48. The average molecular weight is 489 g/mol. The molecule has 5 aliphatic rings. The lowest BCUT2D eigenvalue weighted by Gasteiger charge is -2.35. The van der Waals surface area contributed by atoms with Gasteiger partial charge in [0.1, 0.15) is 6.17 Å². The molecule has 3 atom stereocenters. The Bertz CT molecular complexity index is 832. The number of halogens is 1. The normalized spacial score (nSPS) is 37.5. The minimum Gasteiger partial charge on any atom is -0.372 e. The predicted octanol–water partition coefficient (Wildman–Crippen LogP) is 2.09. The molecule has 35 heavy (non-hydrogen) atoms. The fourth-order valence-electron chi connectivity index (χ4n) is 6.67. The molecule has 4 N–H and O–H groups in total. The van der Waals surface area contributed by atoms with Gasteiger partial charge in [-0.15, -0.1) is 0 Å². The number of rotatable bonds is 6. The first-order valence-corrected chi connectivity index (χ1v) is 13.9. The summed E-state index contributed by atoms with van der Waals surface area (Å²) in [6.45, 7) is 3.59. The summed E-state index contributed by atoms with van der Waals surface area (Å²) >= 11 is 0. The van der Waals surface area contributed by atoms with Crippen molar-refractivity contribution in [2.75, 3.05) is 26.2 Å². The van der Waals surface area contributed by atoms with Gasteiger partial charge >= 0.3 is 0 Å². The van der Waals surface area contributed by atoms with E-state index in [4.69, 9.17) is 0 Å². The Kier molecular flexibility index (Phi) is 7.88. The number of hydrogen-bond donors (Lipinski definition) is 4. The molecule has 0 spiro atoms. The smallest absolute Gasteiger partial charge is 0.226 e. The standard InChI is InChI=1S/C26H41FN6O2/c27-22-10-5-18(25(34)32-19-6-1-16(2-7-19)23-28-11-12-29-23)15-21(22)26(35)33-20-8-3-17(4-9-20)24-30-13-14-31-24/h16-22H,1-15H2,(H,28,29)(H,30,31)(H,32,34)(H,33,35). The molecular weight excluding hydrogens is 447 g/mol. The van der Waals surface area contributed by atoms with Gasteiger partial charge in [0.25, 0.3) is 0 Å². The summed E-state index contributed by atoms with van der Waals surface area (Å²) in [5.41, 5.74) is 0. The summed E-state index contributed by atoms with van der Waals surface area (Å²) in [5, 5.41) is 13.1. The average Bonchev–Trinajstić information content (AvgIpc) is 3.60. The Balaban J connectivity index is 1.06. The molecule has 194 valence electrons. The Hall–Kier alpha value is -2.19. The van der Waals surface area contributed by atoms with Gasteiger partial charge in [0.2, 0.25) is 11.8 Å². The quantitative estimate of drug-likeness (QED) is 0.459. The summed E-state index contributed by atoms with van der Waals surface area (Å²) in [6.07, 6.45) is 7.70. The molecule has 0 bridgehead atoms. The lowest BCUT2D eigenvalue weighted by atomic mass is 9.78. The monoisotopic (exact) mass is 488 g/mol. The van der Waals surface area contributed by atoms with Crippen LogP contribution in [0, 0.1) is 23.7 Å². The predicted molar refractivity (Wildman–Crippen MR) is 134 cm³/mol. The van der Waals surface area contributed by atoms with E-state index in [2.05, 4.69) is 31.3 Å². The van der Waals surface area contributed by atoms with E-state index < -0.39 is 12.1 Å². The summed E-state index contributed by atoms with van der Waals surface area (Å²) in [5.74, 6) is 2.00. The van der Waals surface area contributed by atoms with E-state index >= 15 is 0 Å². The maximum Gasteiger partial charge on any atom is 0.226 e. The van der Waals surface area contributed by atoms with Crippen LogP contribution in [0.25, 0.3) is 0 Å². The summed E-state index contributed by atoms with van der Waals surface area (Å²) in [6, 6.07) is 0.265. The van der Waals surface area contributed by atoms with E-state index in [-0.39, 0.29) is 36.2 Å². The van der Waals surface area contributed by atoms with Gasteiger partial charge in [0, 0.05) is 42.9 Å². The van der Waals surface area contributed by atoms with E-state index in [1.165, 1.54) is 0 Å². The van der Waals surface area contributed by atoms with Crippen molar-refractivity contribution in [1.29, 1.82) is 0 Å². The maximum atomic E-state index is 14.8. The molecule has 9 heteroatoms. The second-order valence-electron chi connectivity index (χ2n) is 11.1. The zero-order chi connectivity index (χ0) is 24.2. The first-order valence-electron chi connectivity index (χ1n) is 13.9. The number of nitrogens with one attached hydrogen (secondary N) is 4. The van der Waals surface area contributed by atoms with Gasteiger partial charge in [-0.05, 0) is 70.6 Å². The van der Waals surface area contributed by atoms with Crippen molar-refractivity contribution in [3.63, 3.8) is 0 Å². The topological polar surface area (TPSA) is 107 Å². The largest absolute Gasteiger partial charge is 0.372 e. The number of carbonyl (C=O) groups is 2. The summed E-state index contributed by atoms with van der Waals surface area (Å²) in [7, 11) is 0. The molecule has 3 fully saturated rings. The number of alkyl halides is 1. The molecule has 0 aromatic rings. The highest BCUT2D eigenvalue weighted by Crippen LogP contribution is 2.34. The van der Waals surface area contributed by atoms with Crippen LogP contribution in [0.1, 0.15) is 70.6 Å². The van der Waals surface area contributed by atoms with E-state index in [0.29, 0.717) is 24.7 Å². The molecule has 3 saturated carbocycles. The van der Waals surface area contributed by atoms with Crippen LogP contribution in [0.2, 0.25) is 0 Å². The third-order valence-electron chi connectivity index (χ3n) is 8.79. The van der Waals surface area contributed by atoms with Crippen LogP contribution in [0.5, 0.6) is 0 Å². The number of carbonyl (C=O) groups excluding carboxylic acids is 2. The van der Waals surface area contributed by atoms with Gasteiger partial charge < -0.3 is 21.3 Å². The van der Waals surface area contributed by atoms with Crippen LogP contribution in [0.4, 0.5) is 4.39 Å². The molecule has 0 saturated heterocycles. The minimum absolute atomic E-state index is 0.000159. The molecular formula is C26H41FN6O2. The van der Waals surface area contributed by atoms with Crippen LogP contribution in [-0.4, -0.2) is 67.9 Å². The summed E-state index contributed by atoms with van der Waals surface area (Å²) < 4.78 is 14.8. The first kappa shape index (κ1) is 24.5. The van der Waals surface area contributed by atoms with Gasteiger partial charge in [-0.25, -0.2) is 4.39 Å². The van der Waals surface area contributed by atoms with E-state index in [0.717, 1.165) is 89.2 Å². The third kappa shape index (κ3) is 5.97. The third-order valence-corrected chi connectivity index (χ3v) is 8.79. The molecule has 0 aromatic carbocycles. The Morgan fingerprint density at radius 2 is 1.23 bits per heavy atom. The maximum absolute atomic E-state index is 14.8. The molecule has 3 aliphatic carbocycles. The Morgan fingerprint density at radius 3 is 1.71 bits per heavy atom. The Morgan fingerprint density at radius 1 is 0.714 bits per heavy atom. The van der Waals surface area contributed by atoms with Gasteiger partial charge in [-0.3, -0.25) is 19.6 Å². The van der Waals surface area contributed by atoms with Gasteiger partial charge in [-0.1, -0.05) is 0 Å². The second-order valence-corrected chi connectivity index (χ2v) is 11.1. The molecule has 3 unspecified atom stereocenters. The highest BCUT2D eigenvalue weighted by Gasteiger charge is 2.40. The fourth-order valence-corrected chi connectivity index (χ4v) is 6.67. The zero-order valence-corrected chi connectivity index (χ0v) is 20.7. The van der Waals surface area contributed by atoms with E-state index in [1.807, 2.05) is 0 Å². The summed E-state index contributed by atoms with van der Waals surface area (Å²) in [4.78, 5) is 35.1. The molecule has 2 heterocycles. The highest BCUT2D eigenvalue weighted by molar-refractivity contribution is 5.87. The SMILES string of the molecule is O=C(NC1CCC(C2=NCCN2)CC1)C1CCC(F)C(C(=O)NC2CCC(C3=NCCN3)CC2)C1. The van der Waals surface area contributed by atoms with Crippen molar-refractivity contribution in [3.05, 3.63) is 0 Å². The van der Waals surface area contributed by atoms with Crippen molar-refractivity contribution in [3.8, 4) is 0 Å². The number of hydrogen-bond acceptors (Lipinski definition) is 6. The van der Waals surface area contributed by atoms with E-state index in [1.54, 1.807) is 0 Å². The van der Waals surface area contributed by atoms with Crippen molar-refractivity contribution in [2.24, 2.45) is 33.7 Å². The number of amides is 2. The Labute approximate surface area is 207 Å². The fraction of sp³-hybridized carbons (Fsp3) is 0.846. The van der Waals surface area contributed by atoms with Crippen LogP contribution < -0.4 is 21.3 Å². The number of amidine groups is 2. The van der Waals surface area contributed by atoms with Crippen molar-refractivity contribution >= 4 is 23.5 Å².